The van der Waals surface area contributed by atoms with Gasteiger partial charge in [-0.3, -0.25) is 19.2 Å². The molecule has 13 nitrogen and oxygen atoms in total. The second-order valence-corrected chi connectivity index (χ2v) is 11.5. The Morgan fingerprint density at radius 2 is 1.82 bits per heavy atom. The molecule has 6 atom stereocenters. The average molecular weight is 649 g/mol. The Morgan fingerprint density at radius 1 is 1.13 bits per heavy atom. The maximum Gasteiger partial charge on any atom is 0.220 e. The molecule has 1 fully saturated rings. The first-order chi connectivity index (χ1) is 20.8. The fourth-order valence-corrected chi connectivity index (χ4v) is 6.31. The Balaban J connectivity index is 0.00000461. The minimum Gasteiger partial charge on any atom is -0.507 e. The summed E-state index contributed by atoms with van der Waals surface area (Å²) in [4.78, 5) is 52.4. The number of fused-ring (bicyclic) bond motifs is 3. The molecule has 2 aromatic rings. The second kappa shape index (κ2) is 13.0. The number of hydrogen-bond donors (Lipinski definition) is 6. The fraction of sp³-hybridized carbons (Fsp3) is 0.484. The second-order valence-electron chi connectivity index (χ2n) is 11.5. The highest BCUT2D eigenvalue weighted by Gasteiger charge is 2.49. The number of benzene rings is 2. The lowest BCUT2D eigenvalue weighted by Gasteiger charge is -2.42. The number of ether oxygens (including phenoxy) is 3. The van der Waals surface area contributed by atoms with E-state index in [0.29, 0.717) is 13.0 Å². The molecule has 0 spiro atoms. The summed E-state index contributed by atoms with van der Waals surface area (Å²) >= 11 is 0. The number of nitrogens with two attached hydrogens (primary N) is 1. The van der Waals surface area contributed by atoms with Gasteiger partial charge in [0, 0.05) is 42.4 Å². The number of hydrogen-bond acceptors (Lipinski definition) is 12. The first kappa shape index (κ1) is 34.3. The SMILES string of the molecule is COc1cccc2c1C(=O)c1c(O)c3c(c(O)c1C2=O)CC(O)(C(C)=O)CC3OC1CC(NC(=O)CCCN)C(O)C(C)O1.Cl. The molecule has 45 heavy (non-hydrogen) atoms. The quantitative estimate of drug-likeness (QED) is 0.191. The summed E-state index contributed by atoms with van der Waals surface area (Å²) in [6.45, 7) is 3.06. The van der Waals surface area contributed by atoms with E-state index in [0.717, 1.165) is 6.92 Å². The Bertz CT molecular complexity index is 1550. The minimum atomic E-state index is -2.06. The van der Waals surface area contributed by atoms with Gasteiger partial charge in [0.25, 0.3) is 0 Å². The summed E-state index contributed by atoms with van der Waals surface area (Å²) in [6.07, 6.45) is -4.59. The zero-order valence-corrected chi connectivity index (χ0v) is 25.8. The first-order valence-electron chi connectivity index (χ1n) is 14.4. The van der Waals surface area contributed by atoms with E-state index in [2.05, 4.69) is 5.32 Å². The number of carbonyl (C=O) groups excluding carboxylic acids is 4. The summed E-state index contributed by atoms with van der Waals surface area (Å²) in [7, 11) is 1.33. The molecule has 1 saturated heterocycles. The topological polar surface area (TPSA) is 215 Å². The lowest BCUT2D eigenvalue weighted by Crippen LogP contribution is -2.55. The molecule has 5 rings (SSSR count). The van der Waals surface area contributed by atoms with Crippen LogP contribution in [0.2, 0.25) is 0 Å². The molecule has 14 heteroatoms. The first-order valence-corrected chi connectivity index (χ1v) is 14.4. The molecular formula is C31H37ClN2O11. The Kier molecular flexibility index (Phi) is 9.93. The molecule has 0 aromatic heterocycles. The van der Waals surface area contributed by atoms with Gasteiger partial charge in [0.2, 0.25) is 11.7 Å². The number of carbonyl (C=O) groups is 4. The molecule has 7 N–H and O–H groups in total. The number of amides is 1. The molecule has 0 radical (unpaired) electrons. The van der Waals surface area contributed by atoms with Crippen LogP contribution in [0, 0.1) is 0 Å². The van der Waals surface area contributed by atoms with Crippen LogP contribution in [-0.4, -0.2) is 87.5 Å². The van der Waals surface area contributed by atoms with Crippen LogP contribution in [0.3, 0.4) is 0 Å². The molecular weight excluding hydrogens is 612 g/mol. The largest absolute Gasteiger partial charge is 0.507 e. The van der Waals surface area contributed by atoms with Crippen molar-refractivity contribution in [1.82, 2.24) is 5.32 Å². The zero-order chi connectivity index (χ0) is 32.1. The van der Waals surface area contributed by atoms with Gasteiger partial charge in [-0.25, -0.2) is 0 Å². The van der Waals surface area contributed by atoms with Gasteiger partial charge in [-0.15, -0.1) is 12.4 Å². The summed E-state index contributed by atoms with van der Waals surface area (Å²) in [5, 5.41) is 47.9. The van der Waals surface area contributed by atoms with Crippen LogP contribution >= 0.6 is 12.4 Å². The highest BCUT2D eigenvalue weighted by atomic mass is 35.5. The highest BCUT2D eigenvalue weighted by Crippen LogP contribution is 2.52. The molecule has 0 bridgehead atoms. The van der Waals surface area contributed by atoms with Crippen LogP contribution in [0.1, 0.15) is 88.6 Å². The number of halogens is 1. The zero-order valence-electron chi connectivity index (χ0n) is 25.0. The van der Waals surface area contributed by atoms with Crippen molar-refractivity contribution in [2.45, 2.75) is 82.2 Å². The molecule has 2 aromatic carbocycles. The van der Waals surface area contributed by atoms with Gasteiger partial charge >= 0.3 is 0 Å². The number of Topliss-reactive ketones (excluding diaryl/α,β-unsaturated/α-hetero) is 1. The lowest BCUT2D eigenvalue weighted by atomic mass is 9.72. The molecule has 1 heterocycles. The minimum absolute atomic E-state index is 0. The van der Waals surface area contributed by atoms with E-state index in [1.54, 1.807) is 6.92 Å². The average Bonchev–Trinajstić information content (AvgIpc) is 2.98. The number of rotatable bonds is 8. The molecule has 244 valence electrons. The van der Waals surface area contributed by atoms with Crippen molar-refractivity contribution >= 4 is 35.7 Å². The third kappa shape index (κ3) is 5.91. The summed E-state index contributed by atoms with van der Waals surface area (Å²) in [5.41, 5.74) is 2.19. The summed E-state index contributed by atoms with van der Waals surface area (Å²) in [5.74, 6) is -3.69. The van der Waals surface area contributed by atoms with E-state index in [1.165, 1.54) is 25.3 Å². The predicted molar refractivity (Wildman–Crippen MR) is 160 cm³/mol. The van der Waals surface area contributed by atoms with Crippen molar-refractivity contribution in [3.05, 3.63) is 51.6 Å². The number of aromatic hydroxyl groups is 2. The molecule has 3 aliphatic rings. The van der Waals surface area contributed by atoms with E-state index >= 15 is 0 Å². The van der Waals surface area contributed by atoms with E-state index in [4.69, 9.17) is 19.9 Å². The van der Waals surface area contributed by atoms with Crippen molar-refractivity contribution in [1.29, 1.82) is 0 Å². The Labute approximate surface area is 265 Å². The number of phenolic OH excluding ortho intramolecular Hbond substituents is 2. The Hall–Kier alpha value is -3.59. The van der Waals surface area contributed by atoms with Crippen LogP contribution in [0.5, 0.6) is 17.2 Å². The monoisotopic (exact) mass is 648 g/mol. The van der Waals surface area contributed by atoms with Gasteiger partial charge in [-0.2, -0.15) is 0 Å². The van der Waals surface area contributed by atoms with E-state index in [1.807, 2.05) is 0 Å². The number of phenols is 2. The van der Waals surface area contributed by atoms with E-state index in [-0.39, 0.29) is 65.6 Å². The van der Waals surface area contributed by atoms with E-state index in [9.17, 15) is 39.6 Å². The summed E-state index contributed by atoms with van der Waals surface area (Å²) in [6, 6.07) is 3.62. The van der Waals surface area contributed by atoms with Crippen LogP contribution in [0.25, 0.3) is 0 Å². The van der Waals surface area contributed by atoms with Crippen molar-refractivity contribution < 1.29 is 53.8 Å². The van der Waals surface area contributed by atoms with Gasteiger partial charge in [0.15, 0.2) is 17.9 Å². The van der Waals surface area contributed by atoms with Gasteiger partial charge < -0.3 is 45.7 Å². The normalized spacial score (nSPS) is 27.0. The van der Waals surface area contributed by atoms with Gasteiger partial charge in [-0.05, 0) is 32.9 Å². The van der Waals surface area contributed by atoms with Crippen molar-refractivity contribution in [3.8, 4) is 17.2 Å². The molecule has 0 saturated carbocycles. The number of aliphatic hydroxyl groups is 2. The summed E-state index contributed by atoms with van der Waals surface area (Å²) < 4.78 is 17.4. The highest BCUT2D eigenvalue weighted by molar-refractivity contribution is 6.31. The fourth-order valence-electron chi connectivity index (χ4n) is 6.31. The van der Waals surface area contributed by atoms with Crippen LogP contribution in [0.15, 0.2) is 18.2 Å². The maximum atomic E-state index is 13.8. The van der Waals surface area contributed by atoms with Crippen molar-refractivity contribution in [3.63, 3.8) is 0 Å². The van der Waals surface area contributed by atoms with Gasteiger partial charge in [0.05, 0.1) is 42.0 Å². The maximum absolute atomic E-state index is 13.8. The van der Waals surface area contributed by atoms with Crippen molar-refractivity contribution in [2.75, 3.05) is 13.7 Å². The number of ketones is 3. The predicted octanol–water partition coefficient (Wildman–Crippen LogP) is 1.35. The third-order valence-corrected chi connectivity index (χ3v) is 8.71. The number of methoxy groups -OCH3 is 1. The molecule has 1 amide bonds. The van der Waals surface area contributed by atoms with Crippen LogP contribution in [-0.2, 0) is 25.5 Å². The van der Waals surface area contributed by atoms with Crippen LogP contribution < -0.4 is 15.8 Å². The lowest BCUT2D eigenvalue weighted by molar-refractivity contribution is -0.249. The van der Waals surface area contributed by atoms with E-state index < -0.39 is 82.6 Å². The van der Waals surface area contributed by atoms with Crippen LogP contribution in [0.4, 0.5) is 0 Å². The van der Waals surface area contributed by atoms with Crippen molar-refractivity contribution in [2.24, 2.45) is 5.73 Å². The number of nitrogens with one attached hydrogen (secondary N) is 1. The van der Waals surface area contributed by atoms with Gasteiger partial charge in [-0.1, -0.05) is 12.1 Å². The Morgan fingerprint density at radius 3 is 2.47 bits per heavy atom. The third-order valence-electron chi connectivity index (χ3n) is 8.71. The molecule has 6 unspecified atom stereocenters. The van der Waals surface area contributed by atoms with Gasteiger partial charge in [0.1, 0.15) is 29.0 Å². The standard InChI is InChI=1S/C31H36N2O11.ClH/c1-13-26(36)17(33-20(35)8-5-9-32)10-21(43-13)44-19-12-31(41,14(2)34)11-16-23(19)30(40)25-24(28(16)38)27(37)15-6-4-7-18(42-3)22(15)29(25)39;/h4,6-7,13,17,19,21,26,36,38,40-41H,5,8-12,32H2,1-3H3,(H,33,35);1H. The molecule has 2 aliphatic carbocycles. The smallest absolute Gasteiger partial charge is 0.220 e. The molecule has 1 aliphatic heterocycles. The number of aliphatic hydroxyl groups excluding tert-OH is 1.